The lowest BCUT2D eigenvalue weighted by Gasteiger charge is -2.29. The van der Waals surface area contributed by atoms with Crippen molar-refractivity contribution in [1.82, 2.24) is 20.2 Å². The third-order valence-corrected chi connectivity index (χ3v) is 3.49. The predicted octanol–water partition coefficient (Wildman–Crippen LogP) is 0.562. The molecule has 0 aliphatic carbocycles. The molecule has 0 saturated carbocycles. The van der Waals surface area contributed by atoms with Crippen molar-refractivity contribution in [2.45, 2.75) is 19.8 Å². The number of rotatable bonds is 3. The maximum Gasteiger partial charge on any atom is 0.273 e. The van der Waals surface area contributed by atoms with Crippen LogP contribution in [0.1, 0.15) is 29.0 Å². The molecule has 2 N–H and O–H groups in total. The summed E-state index contributed by atoms with van der Waals surface area (Å²) in [5.41, 5.74) is 0.467. The van der Waals surface area contributed by atoms with Crippen LogP contribution in [-0.4, -0.2) is 52.6 Å². The lowest BCUT2D eigenvalue weighted by atomic mass is 9.98. The van der Waals surface area contributed by atoms with Gasteiger partial charge in [0.25, 0.3) is 5.91 Å². The van der Waals surface area contributed by atoms with Crippen molar-refractivity contribution in [3.63, 3.8) is 0 Å². The Bertz CT molecular complexity index is 464. The summed E-state index contributed by atoms with van der Waals surface area (Å²) in [5.74, 6) is -0.00948. The van der Waals surface area contributed by atoms with E-state index < -0.39 is 0 Å². The number of nitrogens with zero attached hydrogens (tertiary/aromatic N) is 3. The van der Waals surface area contributed by atoms with Crippen LogP contribution in [0.2, 0.25) is 0 Å². The van der Waals surface area contributed by atoms with Gasteiger partial charge in [0.2, 0.25) is 0 Å². The summed E-state index contributed by atoms with van der Waals surface area (Å²) in [6.45, 7) is 4.38. The van der Waals surface area contributed by atoms with Crippen molar-refractivity contribution in [3.8, 4) is 5.75 Å². The fraction of sp³-hybridized carbons (Fsp3) is 0.615. The topological polar surface area (TPSA) is 78.4 Å². The number of amides is 1. The van der Waals surface area contributed by atoms with Gasteiger partial charge in [-0.25, -0.2) is 9.97 Å². The minimum absolute atomic E-state index is 0.0525. The molecule has 1 amide bonds. The summed E-state index contributed by atoms with van der Waals surface area (Å²) >= 11 is 0. The summed E-state index contributed by atoms with van der Waals surface area (Å²) in [6.07, 6.45) is 3.58. The highest BCUT2D eigenvalue weighted by Gasteiger charge is 2.20. The molecule has 104 valence electrons. The summed E-state index contributed by atoms with van der Waals surface area (Å²) in [5, 5.41) is 12.6. The first-order valence-electron chi connectivity index (χ1n) is 6.55. The van der Waals surface area contributed by atoms with Gasteiger partial charge in [0, 0.05) is 13.1 Å². The second kappa shape index (κ2) is 5.97. The van der Waals surface area contributed by atoms with Crippen molar-refractivity contribution < 1.29 is 9.90 Å². The van der Waals surface area contributed by atoms with Crippen LogP contribution < -0.4 is 5.32 Å². The number of aromatic nitrogens is 2. The molecule has 0 unspecified atom stereocenters. The molecule has 1 atom stereocenters. The minimum Gasteiger partial charge on any atom is -0.504 e. The van der Waals surface area contributed by atoms with Gasteiger partial charge in [-0.05, 0) is 39.3 Å². The zero-order chi connectivity index (χ0) is 13.8. The Morgan fingerprint density at radius 2 is 2.37 bits per heavy atom. The van der Waals surface area contributed by atoms with Crippen LogP contribution in [0.15, 0.2) is 6.33 Å². The maximum atomic E-state index is 12.0. The molecule has 0 radical (unpaired) electrons. The second-order valence-electron chi connectivity index (χ2n) is 5.14. The van der Waals surface area contributed by atoms with E-state index in [2.05, 4.69) is 27.2 Å². The van der Waals surface area contributed by atoms with Gasteiger partial charge < -0.3 is 15.3 Å². The normalized spacial score (nSPS) is 20.2. The molecule has 1 saturated heterocycles. The van der Waals surface area contributed by atoms with Gasteiger partial charge in [-0.3, -0.25) is 4.79 Å². The van der Waals surface area contributed by atoms with Crippen LogP contribution in [0.5, 0.6) is 5.75 Å². The average molecular weight is 264 g/mol. The molecule has 6 heteroatoms. The standard InChI is InChI=1S/C13H20N4O2/c1-9-12(18)11(16-8-15-9)13(19)14-6-10-4-3-5-17(2)7-10/h8,10,18H,3-7H2,1-2H3,(H,14,19)/t10-/m0/s1. The maximum absolute atomic E-state index is 12.0. The SMILES string of the molecule is Cc1ncnc(C(=O)NC[C@@H]2CCCN(C)C2)c1O. The van der Waals surface area contributed by atoms with Crippen LogP contribution in [-0.2, 0) is 0 Å². The van der Waals surface area contributed by atoms with Crippen LogP contribution in [0, 0.1) is 12.8 Å². The Hall–Kier alpha value is -1.69. The molecule has 2 rings (SSSR count). The molecule has 1 aliphatic heterocycles. The summed E-state index contributed by atoms with van der Waals surface area (Å²) in [4.78, 5) is 21.9. The van der Waals surface area contributed by atoms with Gasteiger partial charge in [-0.1, -0.05) is 0 Å². The number of aromatic hydroxyl groups is 1. The van der Waals surface area contributed by atoms with E-state index in [9.17, 15) is 9.90 Å². The van der Waals surface area contributed by atoms with E-state index in [0.29, 0.717) is 18.2 Å². The minimum atomic E-state index is -0.337. The first-order valence-corrected chi connectivity index (χ1v) is 6.55. The van der Waals surface area contributed by atoms with Crippen LogP contribution in [0.4, 0.5) is 0 Å². The Balaban J connectivity index is 1.92. The Morgan fingerprint density at radius 1 is 1.58 bits per heavy atom. The largest absolute Gasteiger partial charge is 0.504 e. The monoisotopic (exact) mass is 264 g/mol. The second-order valence-corrected chi connectivity index (χ2v) is 5.14. The summed E-state index contributed by atoms with van der Waals surface area (Å²) < 4.78 is 0. The fourth-order valence-corrected chi connectivity index (χ4v) is 2.39. The van der Waals surface area contributed by atoms with Gasteiger partial charge in [-0.2, -0.15) is 0 Å². The fourth-order valence-electron chi connectivity index (χ4n) is 2.39. The molecule has 1 aliphatic rings. The van der Waals surface area contributed by atoms with E-state index in [1.807, 2.05) is 0 Å². The molecule has 1 aromatic rings. The number of piperidine rings is 1. The molecule has 6 nitrogen and oxygen atoms in total. The third kappa shape index (κ3) is 3.41. The molecule has 0 aromatic carbocycles. The van der Waals surface area contributed by atoms with E-state index in [1.54, 1.807) is 6.92 Å². The first kappa shape index (κ1) is 13.7. The highest BCUT2D eigenvalue weighted by Crippen LogP contribution is 2.17. The van der Waals surface area contributed by atoms with Gasteiger partial charge in [0.05, 0.1) is 5.69 Å². The zero-order valence-corrected chi connectivity index (χ0v) is 11.4. The Labute approximate surface area is 112 Å². The number of hydrogen-bond donors (Lipinski definition) is 2. The number of carbonyl (C=O) groups is 1. The van der Waals surface area contributed by atoms with E-state index in [-0.39, 0.29) is 17.4 Å². The van der Waals surface area contributed by atoms with Gasteiger partial charge in [-0.15, -0.1) is 0 Å². The molecule has 2 heterocycles. The van der Waals surface area contributed by atoms with E-state index in [1.165, 1.54) is 6.33 Å². The van der Waals surface area contributed by atoms with E-state index in [0.717, 1.165) is 25.9 Å². The first-order chi connectivity index (χ1) is 9.08. The lowest BCUT2D eigenvalue weighted by Crippen LogP contribution is -2.39. The van der Waals surface area contributed by atoms with Crippen molar-refractivity contribution >= 4 is 5.91 Å². The highest BCUT2D eigenvalue weighted by atomic mass is 16.3. The van der Waals surface area contributed by atoms with Crippen molar-refractivity contribution in [3.05, 3.63) is 17.7 Å². The van der Waals surface area contributed by atoms with Crippen molar-refractivity contribution in [1.29, 1.82) is 0 Å². The predicted molar refractivity (Wildman–Crippen MR) is 71.0 cm³/mol. The number of hydrogen-bond acceptors (Lipinski definition) is 5. The van der Waals surface area contributed by atoms with E-state index in [4.69, 9.17) is 0 Å². The smallest absolute Gasteiger partial charge is 0.273 e. The van der Waals surface area contributed by atoms with Gasteiger partial charge in [0.1, 0.15) is 6.33 Å². The summed E-state index contributed by atoms with van der Waals surface area (Å²) in [6, 6.07) is 0. The Kier molecular flexibility index (Phi) is 4.31. The molecule has 19 heavy (non-hydrogen) atoms. The molecule has 1 aromatic heterocycles. The number of likely N-dealkylation sites (tertiary alicyclic amines) is 1. The molecule has 1 fully saturated rings. The van der Waals surface area contributed by atoms with Crippen molar-refractivity contribution in [2.75, 3.05) is 26.7 Å². The zero-order valence-electron chi connectivity index (χ0n) is 11.4. The molecule has 0 spiro atoms. The average Bonchev–Trinajstić information content (AvgIpc) is 2.39. The summed E-state index contributed by atoms with van der Waals surface area (Å²) in [7, 11) is 2.09. The number of aryl methyl sites for hydroxylation is 1. The molecular formula is C13H20N4O2. The van der Waals surface area contributed by atoms with Crippen LogP contribution in [0.25, 0.3) is 0 Å². The molecule has 0 bridgehead atoms. The lowest BCUT2D eigenvalue weighted by molar-refractivity contribution is 0.0928. The van der Waals surface area contributed by atoms with Crippen LogP contribution in [0.3, 0.4) is 0 Å². The van der Waals surface area contributed by atoms with Crippen molar-refractivity contribution in [2.24, 2.45) is 5.92 Å². The highest BCUT2D eigenvalue weighted by molar-refractivity contribution is 5.94. The Morgan fingerprint density at radius 3 is 3.11 bits per heavy atom. The molecular weight excluding hydrogens is 244 g/mol. The van der Waals surface area contributed by atoms with E-state index >= 15 is 0 Å². The number of carbonyl (C=O) groups excluding carboxylic acids is 1. The number of nitrogens with one attached hydrogen (secondary N) is 1. The van der Waals surface area contributed by atoms with Crippen LogP contribution >= 0.6 is 0 Å². The van der Waals surface area contributed by atoms with Gasteiger partial charge >= 0.3 is 0 Å². The van der Waals surface area contributed by atoms with Gasteiger partial charge in [0.15, 0.2) is 11.4 Å². The quantitative estimate of drug-likeness (QED) is 0.834. The third-order valence-electron chi connectivity index (χ3n) is 3.49.